The van der Waals surface area contributed by atoms with Crippen molar-refractivity contribution in [2.24, 2.45) is 0 Å². The van der Waals surface area contributed by atoms with Crippen molar-refractivity contribution in [2.45, 2.75) is 12.7 Å². The molecule has 0 spiro atoms. The number of hydrogen-bond acceptors (Lipinski definition) is 4. The highest BCUT2D eigenvalue weighted by atomic mass is 35.5. The predicted molar refractivity (Wildman–Crippen MR) is 93.5 cm³/mol. The number of ether oxygens (including phenoxy) is 2. The van der Waals surface area contributed by atoms with Crippen LogP contribution in [0.25, 0.3) is 0 Å². The minimum absolute atomic E-state index is 0.156. The van der Waals surface area contributed by atoms with Crippen molar-refractivity contribution in [1.82, 2.24) is 5.32 Å². The molecule has 3 rings (SSSR count). The maximum Gasteiger partial charge on any atom is 0.254 e. The number of anilines is 1. The number of carbonyl (C=O) groups excluding carboxylic acids is 1. The van der Waals surface area contributed by atoms with Gasteiger partial charge < -0.3 is 20.1 Å². The molecule has 24 heavy (non-hydrogen) atoms. The Hall–Kier alpha value is -2.08. The quantitative estimate of drug-likeness (QED) is 0.874. The Kier molecular flexibility index (Phi) is 5.69. The van der Waals surface area contributed by atoms with E-state index in [-0.39, 0.29) is 5.91 Å². The third-order valence-corrected chi connectivity index (χ3v) is 3.89. The van der Waals surface area contributed by atoms with E-state index < -0.39 is 6.10 Å². The van der Waals surface area contributed by atoms with Crippen LogP contribution in [0.1, 0.15) is 5.56 Å². The number of nitrogens with one attached hydrogen (secondary N) is 2. The van der Waals surface area contributed by atoms with Gasteiger partial charge in [0.2, 0.25) is 0 Å². The second-order valence-corrected chi connectivity index (χ2v) is 5.93. The maximum atomic E-state index is 12.2. The smallest absolute Gasteiger partial charge is 0.254 e. The summed E-state index contributed by atoms with van der Waals surface area (Å²) in [6.07, 6.45) is -0.461. The lowest BCUT2D eigenvalue weighted by molar-refractivity contribution is -0.128. The fraction of sp³-hybridized carbons (Fsp3) is 0.278. The fourth-order valence-electron chi connectivity index (χ4n) is 2.37. The summed E-state index contributed by atoms with van der Waals surface area (Å²) in [6, 6.07) is 14.8. The second kappa shape index (κ2) is 8.15. The summed E-state index contributed by atoms with van der Waals surface area (Å²) in [5, 5.41) is 6.69. The lowest BCUT2D eigenvalue weighted by atomic mass is 10.2. The van der Waals surface area contributed by atoms with Crippen LogP contribution in [0.5, 0.6) is 5.75 Å². The monoisotopic (exact) mass is 346 g/mol. The summed E-state index contributed by atoms with van der Waals surface area (Å²) in [5.74, 6) is 0.530. The summed E-state index contributed by atoms with van der Waals surface area (Å²) in [5.41, 5.74) is 1.71. The van der Waals surface area contributed by atoms with Crippen molar-refractivity contribution in [3.05, 3.63) is 59.1 Å². The van der Waals surface area contributed by atoms with Crippen LogP contribution >= 0.6 is 11.6 Å². The number of morpholine rings is 1. The highest BCUT2D eigenvalue weighted by molar-refractivity contribution is 6.30. The number of amides is 1. The van der Waals surface area contributed by atoms with Crippen molar-refractivity contribution in [2.75, 3.05) is 25.0 Å². The van der Waals surface area contributed by atoms with E-state index >= 15 is 0 Å². The summed E-state index contributed by atoms with van der Waals surface area (Å²) in [6.45, 7) is 2.28. The molecule has 1 amide bonds. The zero-order chi connectivity index (χ0) is 16.8. The van der Waals surface area contributed by atoms with Crippen LogP contribution in [-0.4, -0.2) is 31.7 Å². The van der Waals surface area contributed by atoms with Gasteiger partial charge in [-0.3, -0.25) is 4.79 Å². The van der Waals surface area contributed by atoms with Gasteiger partial charge in [-0.25, -0.2) is 0 Å². The highest BCUT2D eigenvalue weighted by Gasteiger charge is 2.21. The molecule has 1 atom stereocenters. The van der Waals surface area contributed by atoms with E-state index in [1.807, 2.05) is 42.5 Å². The minimum Gasteiger partial charge on any atom is -0.489 e. The highest BCUT2D eigenvalue weighted by Crippen LogP contribution is 2.19. The maximum absolute atomic E-state index is 12.2. The van der Waals surface area contributed by atoms with Crippen LogP contribution in [0, 0.1) is 0 Å². The first-order valence-electron chi connectivity index (χ1n) is 7.81. The summed E-state index contributed by atoms with van der Waals surface area (Å²) in [7, 11) is 0. The second-order valence-electron chi connectivity index (χ2n) is 5.50. The largest absolute Gasteiger partial charge is 0.489 e. The fourth-order valence-corrected chi connectivity index (χ4v) is 2.49. The van der Waals surface area contributed by atoms with Gasteiger partial charge in [-0.15, -0.1) is 0 Å². The third-order valence-electron chi connectivity index (χ3n) is 3.64. The van der Waals surface area contributed by atoms with Crippen LogP contribution in [0.3, 0.4) is 0 Å². The first-order chi connectivity index (χ1) is 11.7. The van der Waals surface area contributed by atoms with E-state index in [2.05, 4.69) is 10.6 Å². The molecule has 0 saturated carbocycles. The van der Waals surface area contributed by atoms with Crippen LogP contribution in [0.15, 0.2) is 48.5 Å². The van der Waals surface area contributed by atoms with Gasteiger partial charge in [-0.1, -0.05) is 29.8 Å². The van der Waals surface area contributed by atoms with E-state index in [9.17, 15) is 4.79 Å². The van der Waals surface area contributed by atoms with Crippen LogP contribution < -0.4 is 15.4 Å². The molecule has 0 radical (unpaired) electrons. The van der Waals surface area contributed by atoms with Gasteiger partial charge in [0.25, 0.3) is 5.91 Å². The molecule has 1 saturated heterocycles. The van der Waals surface area contributed by atoms with Crippen LogP contribution in [-0.2, 0) is 16.1 Å². The SMILES string of the molecule is O=C(Nc1cccc(OCc2ccc(Cl)cc2)c1)C1CNCCO1. The van der Waals surface area contributed by atoms with Gasteiger partial charge >= 0.3 is 0 Å². The molecule has 2 N–H and O–H groups in total. The molecular weight excluding hydrogens is 328 g/mol. The Morgan fingerprint density at radius 3 is 2.88 bits per heavy atom. The van der Waals surface area contributed by atoms with Crippen molar-refractivity contribution in [3.8, 4) is 5.75 Å². The van der Waals surface area contributed by atoms with Crippen molar-refractivity contribution in [1.29, 1.82) is 0 Å². The number of halogens is 1. The minimum atomic E-state index is -0.461. The Morgan fingerprint density at radius 1 is 1.29 bits per heavy atom. The molecule has 0 aliphatic carbocycles. The zero-order valence-electron chi connectivity index (χ0n) is 13.1. The van der Waals surface area contributed by atoms with Gasteiger partial charge in [-0.2, -0.15) is 0 Å². The summed E-state index contributed by atoms with van der Waals surface area (Å²) in [4.78, 5) is 12.2. The van der Waals surface area contributed by atoms with Gasteiger partial charge in [0.1, 0.15) is 18.5 Å². The van der Waals surface area contributed by atoms with E-state index in [0.29, 0.717) is 36.2 Å². The summed E-state index contributed by atoms with van der Waals surface area (Å²) < 4.78 is 11.2. The van der Waals surface area contributed by atoms with Gasteiger partial charge in [0, 0.05) is 29.9 Å². The molecule has 1 unspecified atom stereocenters. The first kappa shape index (κ1) is 16.8. The van der Waals surface area contributed by atoms with Gasteiger partial charge in [0.15, 0.2) is 0 Å². The molecule has 1 fully saturated rings. The molecule has 5 nitrogen and oxygen atoms in total. The molecule has 0 aromatic heterocycles. The van der Waals surface area contributed by atoms with Crippen molar-refractivity contribution < 1.29 is 14.3 Å². The lowest BCUT2D eigenvalue weighted by Crippen LogP contribution is -2.45. The lowest BCUT2D eigenvalue weighted by Gasteiger charge is -2.22. The average molecular weight is 347 g/mol. The number of benzene rings is 2. The van der Waals surface area contributed by atoms with Gasteiger partial charge in [0.05, 0.1) is 6.61 Å². The number of hydrogen-bond donors (Lipinski definition) is 2. The van der Waals surface area contributed by atoms with Crippen molar-refractivity contribution >= 4 is 23.2 Å². The standard InChI is InChI=1S/C18H19ClN2O3/c19-14-6-4-13(5-7-14)12-24-16-3-1-2-15(10-16)21-18(22)17-11-20-8-9-23-17/h1-7,10,17,20H,8-9,11-12H2,(H,21,22). The molecule has 1 aliphatic heterocycles. The van der Waals surface area contributed by atoms with E-state index in [1.165, 1.54) is 0 Å². The van der Waals surface area contributed by atoms with Crippen LogP contribution in [0.2, 0.25) is 5.02 Å². The summed E-state index contributed by atoms with van der Waals surface area (Å²) >= 11 is 5.87. The number of carbonyl (C=O) groups is 1. The third kappa shape index (κ3) is 4.71. The molecule has 2 aromatic carbocycles. The van der Waals surface area contributed by atoms with Gasteiger partial charge in [-0.05, 0) is 29.8 Å². The molecule has 126 valence electrons. The zero-order valence-corrected chi connectivity index (χ0v) is 13.9. The van der Waals surface area contributed by atoms with E-state index in [4.69, 9.17) is 21.1 Å². The Morgan fingerprint density at radius 2 is 2.12 bits per heavy atom. The first-order valence-corrected chi connectivity index (χ1v) is 8.19. The van der Waals surface area contributed by atoms with E-state index in [0.717, 1.165) is 12.1 Å². The molecular formula is C18H19ClN2O3. The van der Waals surface area contributed by atoms with Crippen molar-refractivity contribution in [3.63, 3.8) is 0 Å². The Labute approximate surface area is 145 Å². The topological polar surface area (TPSA) is 59.6 Å². The molecule has 0 bridgehead atoms. The molecule has 6 heteroatoms. The predicted octanol–water partition coefficient (Wildman–Crippen LogP) is 2.85. The van der Waals surface area contributed by atoms with E-state index in [1.54, 1.807) is 6.07 Å². The normalized spacial score (nSPS) is 17.3. The molecule has 2 aromatic rings. The Balaban J connectivity index is 1.57. The molecule has 1 heterocycles. The molecule has 1 aliphatic rings. The van der Waals surface area contributed by atoms with Crippen LogP contribution in [0.4, 0.5) is 5.69 Å². The number of rotatable bonds is 5. The average Bonchev–Trinajstić information content (AvgIpc) is 2.62. The Bertz CT molecular complexity index is 685.